The van der Waals surface area contributed by atoms with Gasteiger partial charge >= 0.3 is 18.3 Å². The minimum atomic E-state index is -0.587. The van der Waals surface area contributed by atoms with Crippen LogP contribution in [0.3, 0.4) is 0 Å². The van der Waals surface area contributed by atoms with Gasteiger partial charge in [-0.25, -0.2) is 68.9 Å². The Hall–Kier alpha value is -11.9. The molecule has 8 heterocycles. The first-order chi connectivity index (χ1) is 58.9. The maximum Gasteiger partial charge on any atom is 0.414 e. The molecular formula is C95H139N21O10. The minimum Gasteiger partial charge on any atom is -0.453 e. The van der Waals surface area contributed by atoms with Crippen molar-refractivity contribution < 1.29 is 47.6 Å². The Morgan fingerprint density at radius 1 is 0.405 bits per heavy atom. The Morgan fingerprint density at radius 3 is 1.19 bits per heavy atom. The summed E-state index contributed by atoms with van der Waals surface area (Å²) >= 11 is 0. The zero-order chi connectivity index (χ0) is 94.1. The molecule has 11 rings (SSSR count). The number of hydrogen-bond donors (Lipinski definition) is 6. The minimum absolute atomic E-state index is 0.00377. The smallest absolute Gasteiger partial charge is 0.414 e. The van der Waals surface area contributed by atoms with Crippen LogP contribution in [0, 0.1) is 0 Å². The lowest BCUT2D eigenvalue weighted by Gasteiger charge is -2.26. The molecule has 7 N–H and O–H groups in total. The first-order valence-corrected chi connectivity index (χ1v) is 41.8. The highest BCUT2D eigenvalue weighted by Gasteiger charge is 2.22. The van der Waals surface area contributed by atoms with Crippen molar-refractivity contribution in [1.82, 2.24) is 80.3 Å². The van der Waals surface area contributed by atoms with Gasteiger partial charge < -0.3 is 44.8 Å². The predicted molar refractivity (Wildman–Crippen MR) is 501 cm³/mol. The third-order valence-corrected chi connectivity index (χ3v) is 18.8. The maximum atomic E-state index is 11.7. The van der Waals surface area contributed by atoms with Gasteiger partial charge in [-0.3, -0.25) is 25.6 Å². The molecule has 0 radical (unpaired) electrons. The monoisotopic (exact) mass is 1730 g/mol. The molecule has 0 bridgehead atoms. The van der Waals surface area contributed by atoms with Crippen LogP contribution in [0.25, 0.3) is 16.8 Å². The molecule has 4 amide bonds. The van der Waals surface area contributed by atoms with Crippen LogP contribution >= 0.6 is 0 Å². The number of nitrogens with one attached hydrogen (secondary N) is 5. The number of rotatable bonds is 16. The molecule has 684 valence electrons. The Balaban J connectivity index is 0.000000303. The fourth-order valence-corrected chi connectivity index (χ4v) is 10.4. The Kier molecular flexibility index (Phi) is 43.0. The van der Waals surface area contributed by atoms with Crippen LogP contribution in [0.1, 0.15) is 221 Å². The fraction of sp³-hybridized carbons (Fsp3) is 0.484. The summed E-state index contributed by atoms with van der Waals surface area (Å²) in [7, 11) is 5.76. The van der Waals surface area contributed by atoms with Crippen LogP contribution in [-0.4, -0.2) is 193 Å². The lowest BCUT2D eigenvalue weighted by atomic mass is 9.86. The number of carbonyl (C=O) groups is 4. The van der Waals surface area contributed by atoms with Crippen molar-refractivity contribution >= 4 is 53.7 Å². The number of amides is 4. The standard InChI is InChI=1S/C15H25N3O.C14H16N2.C14H21NO2.C12H19N3O3.C11H14N4.C11H16N2O2.C10H15N3O2.C8H13N3/c1-15(2,3)13-4-5-14(17-12-13)16-6-7-18-8-10-19-11-9-18;1-14(2,3)13-6-4-11(5-7-13)12-8-15-10-16-9-12;1-14(2,3)12-7-5-11(6-8-12)13(16)15-9-10-17-4;1-12(2,3)9-7-13-10(14-8-9)15-11(16)18-6-5-17-4;1-11(2,3)9-4-6-10(7-5-9)15-8-12-13-14-15;1-11(2,3)8-5-6-9(12-7-8)13-10(14)15-4;1-10(2,3)7-5-11-8(12-6-7)13-9(14)15-4;1-8(2,3)6-4-10-7(9)11-5-6/h4-5,12H,6-11H2,1-3H3,(H,16,17);4-10H,1-3H3;5-8H,9-10H2,1-4H3,(H,15,16);7-8H,5-6H2,1-4H3,(H,13,14,15,16);4-8H,1-3H3;5-7H,1-4H3,(H,12,13,14);5-6H,1-4H3,(H,11,12,13,14);4-5H,1-3H3,(H2,9,10,11). The highest BCUT2D eigenvalue weighted by atomic mass is 16.6. The second kappa shape index (κ2) is 50.9. The highest BCUT2D eigenvalue weighted by Crippen LogP contribution is 2.29. The average Bonchev–Trinajstić information content (AvgIpc) is 1.07. The normalized spacial score (nSPS) is 12.2. The third-order valence-electron chi connectivity index (χ3n) is 18.8. The quantitative estimate of drug-likeness (QED) is 0.0386. The van der Waals surface area contributed by atoms with E-state index in [1.54, 1.807) is 73.9 Å². The summed E-state index contributed by atoms with van der Waals surface area (Å²) in [5.41, 5.74) is 19.4. The lowest BCUT2D eigenvalue weighted by molar-refractivity contribution is 0.0398. The van der Waals surface area contributed by atoms with E-state index in [1.165, 1.54) is 43.6 Å². The number of hydrogen-bond acceptors (Lipinski definition) is 26. The van der Waals surface area contributed by atoms with E-state index in [-0.39, 0.29) is 67.7 Å². The summed E-state index contributed by atoms with van der Waals surface area (Å²) in [5, 5.41) is 24.5. The summed E-state index contributed by atoms with van der Waals surface area (Å²) in [4.78, 5) is 87.8. The molecule has 31 heteroatoms. The number of morpholine rings is 1. The van der Waals surface area contributed by atoms with Crippen molar-refractivity contribution in [3.05, 3.63) is 222 Å². The van der Waals surface area contributed by atoms with E-state index in [2.05, 4.69) is 321 Å². The van der Waals surface area contributed by atoms with Gasteiger partial charge in [0.25, 0.3) is 5.91 Å². The number of aromatic nitrogens is 14. The molecule has 0 unspecified atom stereocenters. The highest BCUT2D eigenvalue weighted by molar-refractivity contribution is 5.94. The molecule has 7 aromatic heterocycles. The van der Waals surface area contributed by atoms with Gasteiger partial charge in [0.2, 0.25) is 17.8 Å². The summed E-state index contributed by atoms with van der Waals surface area (Å²) in [6, 6.07) is 32.5. The molecule has 1 saturated heterocycles. The molecule has 0 spiro atoms. The van der Waals surface area contributed by atoms with Gasteiger partial charge in [0, 0.05) is 120 Å². The van der Waals surface area contributed by atoms with Crippen LogP contribution in [-0.2, 0) is 71.7 Å². The number of pyridine rings is 2. The molecule has 1 fully saturated rings. The van der Waals surface area contributed by atoms with Crippen molar-refractivity contribution in [2.24, 2.45) is 0 Å². The van der Waals surface area contributed by atoms with Crippen molar-refractivity contribution in [2.75, 3.05) is 121 Å². The van der Waals surface area contributed by atoms with Crippen molar-refractivity contribution in [1.29, 1.82) is 0 Å². The molecule has 10 aromatic rings. The zero-order valence-electron chi connectivity index (χ0n) is 79.6. The SMILES string of the molecule is CC(C)(C)c1ccc(-c2cncnc2)cc1.CC(C)(C)c1ccc(-n2cnnn2)cc1.CC(C)(C)c1ccc(NCCN2CCOCC2)nc1.CC(C)(C)c1cnc(N)nc1.COC(=O)Nc1ccc(C(C)(C)C)cn1.COC(=O)Nc1ncc(C(C)(C)C)cn1.COCCNC(=O)c1ccc(C(C)(C)C)cc1.COCCOC(=O)Nc1ncc(C(C)(C)C)cn1. The fourth-order valence-electron chi connectivity index (χ4n) is 10.4. The van der Waals surface area contributed by atoms with Crippen molar-refractivity contribution in [3.8, 4) is 16.8 Å². The zero-order valence-corrected chi connectivity index (χ0v) is 79.6. The Labute approximate surface area is 747 Å². The molecule has 0 saturated carbocycles. The van der Waals surface area contributed by atoms with E-state index in [0.29, 0.717) is 37.1 Å². The largest absolute Gasteiger partial charge is 0.453 e. The molecule has 1 aliphatic rings. The van der Waals surface area contributed by atoms with E-state index in [1.807, 2.05) is 61.1 Å². The number of tetrazole rings is 1. The maximum absolute atomic E-state index is 11.7. The van der Waals surface area contributed by atoms with Gasteiger partial charge in [-0.05, 0) is 140 Å². The number of benzene rings is 3. The van der Waals surface area contributed by atoms with Gasteiger partial charge in [0.1, 0.15) is 30.9 Å². The van der Waals surface area contributed by atoms with E-state index in [4.69, 9.17) is 24.7 Å². The van der Waals surface area contributed by atoms with E-state index in [9.17, 15) is 19.2 Å². The summed E-state index contributed by atoms with van der Waals surface area (Å²) < 4.78 is 30.3. The van der Waals surface area contributed by atoms with Crippen LogP contribution in [0.4, 0.5) is 43.9 Å². The van der Waals surface area contributed by atoms with E-state index >= 15 is 0 Å². The van der Waals surface area contributed by atoms with Gasteiger partial charge in [-0.1, -0.05) is 227 Å². The number of ether oxygens (including phenoxy) is 6. The Bertz CT molecular complexity index is 4670. The van der Waals surface area contributed by atoms with Gasteiger partial charge in [-0.2, -0.15) is 0 Å². The molecule has 1 aliphatic heterocycles. The third kappa shape index (κ3) is 41.3. The first-order valence-electron chi connectivity index (χ1n) is 41.8. The molecule has 126 heavy (non-hydrogen) atoms. The summed E-state index contributed by atoms with van der Waals surface area (Å²) in [6.07, 6.45) is 19.2. The first kappa shape index (κ1) is 106. The second-order valence-electron chi connectivity index (χ2n) is 37.5. The number of anilines is 5. The lowest BCUT2D eigenvalue weighted by Crippen LogP contribution is -2.39. The topological polar surface area (TPSA) is 386 Å². The van der Waals surface area contributed by atoms with Crippen molar-refractivity contribution in [2.45, 2.75) is 209 Å². The van der Waals surface area contributed by atoms with Crippen LogP contribution < -0.4 is 32.3 Å². The number of carbonyl (C=O) groups excluding carboxylic acids is 4. The van der Waals surface area contributed by atoms with Crippen LogP contribution in [0.2, 0.25) is 0 Å². The number of nitrogens with zero attached hydrogens (tertiary/aromatic N) is 15. The molecule has 0 atom stereocenters. The summed E-state index contributed by atoms with van der Waals surface area (Å²) in [6.45, 7) is 58.8. The predicted octanol–water partition coefficient (Wildman–Crippen LogP) is 17.7. The van der Waals surface area contributed by atoms with Gasteiger partial charge in [0.05, 0.1) is 46.3 Å². The van der Waals surface area contributed by atoms with Crippen LogP contribution in [0.5, 0.6) is 0 Å². The molecular weight excluding hydrogens is 1600 g/mol. The number of nitrogen functional groups attached to an aromatic ring is 1. The summed E-state index contributed by atoms with van der Waals surface area (Å²) in [5.74, 6) is 2.21. The average molecular weight is 1740 g/mol. The van der Waals surface area contributed by atoms with E-state index in [0.717, 1.165) is 84.3 Å². The molecule has 31 nitrogen and oxygen atoms in total. The van der Waals surface area contributed by atoms with Gasteiger partial charge in [0.15, 0.2) is 0 Å². The van der Waals surface area contributed by atoms with E-state index < -0.39 is 18.3 Å². The molecule has 0 aliphatic carbocycles. The molecule has 3 aromatic carbocycles. The Morgan fingerprint density at radius 2 is 0.794 bits per heavy atom. The number of nitrogens with two attached hydrogens (primary N) is 1. The van der Waals surface area contributed by atoms with Gasteiger partial charge in [-0.15, -0.1) is 5.10 Å². The van der Waals surface area contributed by atoms with Crippen molar-refractivity contribution in [3.63, 3.8) is 0 Å². The second-order valence-corrected chi connectivity index (χ2v) is 37.5. The number of methoxy groups -OCH3 is 4. The van der Waals surface area contributed by atoms with Crippen LogP contribution in [0.15, 0.2) is 172 Å².